The number of aliphatic hydroxyl groups is 7. The van der Waals surface area contributed by atoms with Crippen molar-refractivity contribution >= 4 is 29.7 Å². The highest BCUT2D eigenvalue weighted by atomic mass is 16.7. The lowest BCUT2D eigenvalue weighted by atomic mass is 9.95. The van der Waals surface area contributed by atoms with Crippen molar-refractivity contribution in [3.63, 3.8) is 0 Å². The molecule has 0 unspecified atom stereocenters. The topological polar surface area (TPSA) is 308 Å². The van der Waals surface area contributed by atoms with Gasteiger partial charge in [-0.3, -0.25) is 19.2 Å². The Labute approximate surface area is 659 Å². The Kier molecular flexibility index (Phi) is 70.7. The summed E-state index contributed by atoms with van der Waals surface area (Å²) in [6.07, 6.45) is 53.4. The maximum Gasteiger partial charge on any atom is 0.329 e. The highest BCUT2D eigenvalue weighted by Gasteiger charge is 2.49. The number of unbranched alkanes of at least 4 members (excludes halogenated alkanes) is 55. The SMILES string of the molecule is CCCCCCCCCCCCCCCCCCCCCCCCCCCCC(=O)O[C@H](CCCCCCCCCCCCC)CC(=O)N[C@H]1[C@H](OC[C@@H](O)[C@@H](O)[C@H](O)[C@@H](NC(=O)C[C@H](O)CCCCCCCCCCCCC)C(=O)O)O[C@H](CO)[C@@H](O)[C@@H]1OC(=O)C[C@H](O)CCCCCCCCCCCCC. The average Bonchev–Trinajstić information content (AvgIpc) is 0.793. The van der Waals surface area contributed by atoms with Crippen LogP contribution in [0.25, 0.3) is 0 Å². The number of aliphatic hydroxyl groups excluding tert-OH is 7. The summed E-state index contributed by atoms with van der Waals surface area (Å²) >= 11 is 0. The average molecular weight is 1540 g/mol. The molecule has 1 aliphatic rings. The molecule has 0 aliphatic carbocycles. The van der Waals surface area contributed by atoms with Crippen LogP contribution in [-0.4, -0.2) is 157 Å². The van der Waals surface area contributed by atoms with Gasteiger partial charge in [0.15, 0.2) is 18.4 Å². The van der Waals surface area contributed by atoms with E-state index in [0.717, 1.165) is 96.3 Å². The fourth-order valence-corrected chi connectivity index (χ4v) is 15.2. The molecule has 0 spiro atoms. The monoisotopic (exact) mass is 1540 g/mol. The van der Waals surface area contributed by atoms with Crippen LogP contribution in [0.2, 0.25) is 0 Å². The van der Waals surface area contributed by atoms with Gasteiger partial charge >= 0.3 is 17.9 Å². The molecule has 0 radical (unpaired) electrons. The normalized spacial score (nSPS) is 17.9. The van der Waals surface area contributed by atoms with Crippen LogP contribution in [0.4, 0.5) is 0 Å². The third-order valence-electron chi connectivity index (χ3n) is 22.2. The van der Waals surface area contributed by atoms with Gasteiger partial charge in [0.05, 0.1) is 44.7 Å². The second-order valence-corrected chi connectivity index (χ2v) is 32.6. The summed E-state index contributed by atoms with van der Waals surface area (Å²) in [5, 5.41) is 92.8. The molecule has 1 heterocycles. The molecule has 12 atom stereocenters. The number of carboxylic acid groups (broad SMARTS) is 1. The van der Waals surface area contributed by atoms with Crippen molar-refractivity contribution in [2.45, 2.75) is 525 Å². The lowest BCUT2D eigenvalue weighted by Gasteiger charge is -2.44. The standard InChI is InChI=1S/C89H170N2O17/c1-5-9-13-17-21-25-29-30-31-32-33-34-35-36-37-38-39-40-41-42-43-47-51-55-59-63-67-80(98)106-75(66-62-58-54-50-46-28-24-20-16-12-8-4)70-79(97)91-83-87(108-81(99)69-74(94)65-61-57-53-49-45-27-23-19-15-11-7-3)85(101)77(71-92)107-89(83)105-72-76(95)84(100)86(102)82(88(103)104)90-78(96)68-73(93)64-60-56-52-48-44-26-22-18-14-10-6-2/h73-77,82-87,89,92-95,100-102H,5-72H2,1-4H3,(H,90,96)(H,91,97)(H,103,104)/t73-,74-,75-,76-,77-,82-,83-,84-,85-,86-,87-,89-/m1/s1. The third kappa shape index (κ3) is 58.8. The van der Waals surface area contributed by atoms with Crippen LogP contribution in [-0.2, 0) is 42.9 Å². The minimum atomic E-state index is -2.32. The number of rotatable bonds is 81. The first-order valence-corrected chi connectivity index (χ1v) is 45.7. The Balaban J connectivity index is 3.08. The number of carboxylic acids is 1. The Morgan fingerprint density at radius 3 is 1.06 bits per heavy atom. The fourth-order valence-electron chi connectivity index (χ4n) is 15.2. The van der Waals surface area contributed by atoms with Crippen LogP contribution in [0.1, 0.15) is 451 Å². The third-order valence-corrected chi connectivity index (χ3v) is 22.2. The van der Waals surface area contributed by atoms with E-state index in [-0.39, 0.29) is 12.8 Å². The van der Waals surface area contributed by atoms with Gasteiger partial charge < -0.3 is 70.4 Å². The second kappa shape index (κ2) is 74.1. The predicted molar refractivity (Wildman–Crippen MR) is 436 cm³/mol. The van der Waals surface area contributed by atoms with Gasteiger partial charge in [-0.2, -0.15) is 0 Å². The number of aliphatic carboxylic acids is 1. The minimum absolute atomic E-state index is 0.186. The molecular formula is C89H170N2O17. The number of amides is 2. The number of nitrogens with one attached hydrogen (secondary N) is 2. The molecular weight excluding hydrogens is 1370 g/mol. The molecule has 1 aliphatic heterocycles. The van der Waals surface area contributed by atoms with Crippen LogP contribution < -0.4 is 10.6 Å². The summed E-state index contributed by atoms with van der Waals surface area (Å²) in [6, 6.07) is -3.73. The quantitative estimate of drug-likeness (QED) is 0.0200. The van der Waals surface area contributed by atoms with Gasteiger partial charge in [-0.15, -0.1) is 0 Å². The van der Waals surface area contributed by atoms with E-state index in [1.165, 1.54) is 257 Å². The van der Waals surface area contributed by atoms with E-state index >= 15 is 0 Å². The maximum atomic E-state index is 14.5. The van der Waals surface area contributed by atoms with Crippen molar-refractivity contribution in [3.05, 3.63) is 0 Å². The van der Waals surface area contributed by atoms with Gasteiger partial charge in [-0.1, -0.05) is 394 Å². The highest BCUT2D eigenvalue weighted by Crippen LogP contribution is 2.28. The van der Waals surface area contributed by atoms with E-state index in [1.54, 1.807) is 0 Å². The number of hydrogen-bond donors (Lipinski definition) is 10. The van der Waals surface area contributed by atoms with E-state index in [2.05, 4.69) is 38.3 Å². The van der Waals surface area contributed by atoms with Crippen LogP contribution in [0.15, 0.2) is 0 Å². The van der Waals surface area contributed by atoms with Crippen molar-refractivity contribution < 1.29 is 83.8 Å². The van der Waals surface area contributed by atoms with Gasteiger partial charge in [-0.25, -0.2) is 4.79 Å². The molecule has 19 nitrogen and oxygen atoms in total. The Bertz CT molecular complexity index is 2060. The zero-order valence-electron chi connectivity index (χ0n) is 69.8. The van der Waals surface area contributed by atoms with Gasteiger partial charge in [-0.05, 0) is 32.1 Å². The predicted octanol–water partition coefficient (Wildman–Crippen LogP) is 19.6. The molecule has 0 aromatic heterocycles. The molecule has 1 saturated heterocycles. The van der Waals surface area contributed by atoms with E-state index < -0.39 is 129 Å². The summed E-state index contributed by atoms with van der Waals surface area (Å²) in [4.78, 5) is 67.5. The summed E-state index contributed by atoms with van der Waals surface area (Å²) in [7, 11) is 0. The minimum Gasteiger partial charge on any atom is -0.480 e. The largest absolute Gasteiger partial charge is 0.480 e. The zero-order valence-corrected chi connectivity index (χ0v) is 69.8. The zero-order chi connectivity index (χ0) is 79.1. The molecule has 1 rings (SSSR count). The van der Waals surface area contributed by atoms with Gasteiger partial charge in [0.1, 0.15) is 42.7 Å². The molecule has 0 aromatic rings. The molecule has 108 heavy (non-hydrogen) atoms. The first-order chi connectivity index (χ1) is 52.5. The number of carbonyl (C=O) groups excluding carboxylic acids is 4. The highest BCUT2D eigenvalue weighted by molar-refractivity contribution is 5.84. The first kappa shape index (κ1) is 103. The second-order valence-electron chi connectivity index (χ2n) is 32.6. The number of ether oxygens (including phenoxy) is 4. The van der Waals surface area contributed by atoms with Crippen LogP contribution in [0, 0.1) is 0 Å². The van der Waals surface area contributed by atoms with Crippen molar-refractivity contribution in [1.82, 2.24) is 10.6 Å². The number of esters is 2. The Hall–Kier alpha value is -3.01. The fraction of sp³-hybridized carbons (Fsp3) is 0.944. The molecule has 638 valence electrons. The van der Waals surface area contributed by atoms with E-state index in [4.69, 9.17) is 18.9 Å². The smallest absolute Gasteiger partial charge is 0.329 e. The summed E-state index contributed by atoms with van der Waals surface area (Å²) in [5.74, 6) is -4.69. The van der Waals surface area contributed by atoms with Crippen molar-refractivity contribution in [1.29, 1.82) is 0 Å². The lowest BCUT2D eigenvalue weighted by Crippen LogP contribution is -2.66. The van der Waals surface area contributed by atoms with Crippen LogP contribution in [0.5, 0.6) is 0 Å². The summed E-state index contributed by atoms with van der Waals surface area (Å²) in [5.41, 5.74) is 0. The van der Waals surface area contributed by atoms with Gasteiger partial charge in [0.2, 0.25) is 11.8 Å². The van der Waals surface area contributed by atoms with Crippen molar-refractivity contribution in [2.75, 3.05) is 13.2 Å². The van der Waals surface area contributed by atoms with Crippen molar-refractivity contribution in [3.8, 4) is 0 Å². The van der Waals surface area contributed by atoms with E-state index in [9.17, 15) is 64.8 Å². The maximum absolute atomic E-state index is 14.5. The van der Waals surface area contributed by atoms with Crippen LogP contribution >= 0.6 is 0 Å². The summed E-state index contributed by atoms with van der Waals surface area (Å²) in [6.45, 7) is 7.13. The molecule has 0 aromatic carbocycles. The van der Waals surface area contributed by atoms with Crippen molar-refractivity contribution in [2.24, 2.45) is 0 Å². The first-order valence-electron chi connectivity index (χ1n) is 45.7. The van der Waals surface area contributed by atoms with Crippen LogP contribution in [0.3, 0.4) is 0 Å². The molecule has 10 N–H and O–H groups in total. The Morgan fingerprint density at radius 1 is 0.389 bits per heavy atom. The van der Waals surface area contributed by atoms with E-state index in [1.807, 2.05) is 0 Å². The Morgan fingerprint density at radius 2 is 0.713 bits per heavy atom. The number of hydrogen-bond acceptors (Lipinski definition) is 16. The van der Waals surface area contributed by atoms with Gasteiger partial charge in [0, 0.05) is 6.42 Å². The molecule has 2 amide bonds. The molecule has 0 saturated carbocycles. The summed E-state index contributed by atoms with van der Waals surface area (Å²) < 4.78 is 23.9. The molecule has 19 heteroatoms. The van der Waals surface area contributed by atoms with Gasteiger partial charge in [0.25, 0.3) is 0 Å². The molecule has 0 bridgehead atoms. The lowest BCUT2D eigenvalue weighted by molar-refractivity contribution is -0.280. The van der Waals surface area contributed by atoms with E-state index in [0.29, 0.717) is 44.9 Å². The number of carbonyl (C=O) groups is 5. The molecule has 1 fully saturated rings.